The van der Waals surface area contributed by atoms with Crippen molar-refractivity contribution < 1.29 is 4.79 Å². The average molecular weight is 453 g/mol. The summed E-state index contributed by atoms with van der Waals surface area (Å²) in [5.74, 6) is 0.447. The van der Waals surface area contributed by atoms with Gasteiger partial charge in [-0.3, -0.25) is 9.59 Å². The zero-order chi connectivity index (χ0) is 22.2. The topological polar surface area (TPSA) is 98.6 Å². The summed E-state index contributed by atoms with van der Waals surface area (Å²) in [7, 11) is 0. The maximum atomic E-state index is 12.6. The quantitative estimate of drug-likeness (QED) is 0.440. The highest BCUT2D eigenvalue weighted by atomic mass is 32.2. The number of carbonyl (C=O) groups is 1. The number of hydrogen-bond acceptors (Lipinski definition) is 6. The summed E-state index contributed by atoms with van der Waals surface area (Å²) >= 11 is 2.70. The fourth-order valence-electron chi connectivity index (χ4n) is 3.96. The van der Waals surface area contributed by atoms with Crippen LogP contribution in [0.2, 0.25) is 0 Å². The van der Waals surface area contributed by atoms with Crippen LogP contribution in [0.15, 0.2) is 34.2 Å². The molecule has 2 aromatic heterocycles. The second-order valence-electron chi connectivity index (χ2n) is 8.85. The molecule has 6 nitrogen and oxygen atoms in total. The Balaban J connectivity index is 1.47. The van der Waals surface area contributed by atoms with Crippen LogP contribution in [-0.2, 0) is 17.6 Å². The van der Waals surface area contributed by atoms with Crippen molar-refractivity contribution in [3.05, 3.63) is 50.6 Å². The Morgan fingerprint density at radius 3 is 2.90 bits per heavy atom. The number of nitrogens with zero attached hydrogens (tertiary/aromatic N) is 2. The Morgan fingerprint density at radius 2 is 2.16 bits per heavy atom. The number of para-hydroxylation sites is 1. The van der Waals surface area contributed by atoms with Gasteiger partial charge in [0, 0.05) is 4.88 Å². The van der Waals surface area contributed by atoms with Crippen molar-refractivity contribution in [2.45, 2.75) is 45.2 Å². The Bertz CT molecular complexity index is 1250. The van der Waals surface area contributed by atoms with Gasteiger partial charge in [-0.05, 0) is 48.3 Å². The van der Waals surface area contributed by atoms with Gasteiger partial charge in [0.05, 0.1) is 22.2 Å². The minimum atomic E-state index is -0.223. The normalized spacial score (nSPS) is 16.0. The first kappa shape index (κ1) is 21.6. The fourth-order valence-corrected chi connectivity index (χ4v) is 5.92. The first-order valence-corrected chi connectivity index (χ1v) is 12.0. The van der Waals surface area contributed by atoms with Gasteiger partial charge in [-0.25, -0.2) is 4.98 Å². The number of thioether (sulfide) groups is 1. The average Bonchev–Trinajstić information content (AvgIpc) is 3.07. The van der Waals surface area contributed by atoms with E-state index in [1.165, 1.54) is 28.0 Å². The first-order chi connectivity index (χ1) is 14.8. The van der Waals surface area contributed by atoms with Gasteiger partial charge in [-0.15, -0.1) is 11.3 Å². The molecule has 160 valence electrons. The van der Waals surface area contributed by atoms with Crippen LogP contribution in [0.3, 0.4) is 0 Å². The van der Waals surface area contributed by atoms with E-state index < -0.39 is 0 Å². The van der Waals surface area contributed by atoms with E-state index in [0.717, 1.165) is 24.8 Å². The van der Waals surface area contributed by atoms with Gasteiger partial charge < -0.3 is 10.3 Å². The van der Waals surface area contributed by atoms with Crippen LogP contribution in [-0.4, -0.2) is 21.6 Å². The summed E-state index contributed by atoms with van der Waals surface area (Å²) < 4.78 is 0. The molecule has 0 aliphatic heterocycles. The third-order valence-electron chi connectivity index (χ3n) is 5.79. The number of aromatic nitrogens is 2. The SMILES string of the molecule is CC(C)(C)[C@H]1CCc2c(sc(NC(=O)CSc3nc4ccccc4c(=O)[nH]3)c2C#N)C1. The smallest absolute Gasteiger partial charge is 0.259 e. The monoisotopic (exact) mass is 452 g/mol. The molecule has 8 heteroatoms. The molecule has 0 bridgehead atoms. The fraction of sp³-hybridized carbons (Fsp3) is 0.391. The van der Waals surface area contributed by atoms with Gasteiger partial charge in [-0.1, -0.05) is 44.7 Å². The second-order valence-corrected chi connectivity index (χ2v) is 10.9. The molecule has 0 spiro atoms. The van der Waals surface area contributed by atoms with Gasteiger partial charge in [0.2, 0.25) is 5.91 Å². The summed E-state index contributed by atoms with van der Waals surface area (Å²) in [6, 6.07) is 9.39. The molecule has 2 heterocycles. The largest absolute Gasteiger partial charge is 0.316 e. The predicted octanol–water partition coefficient (Wildman–Crippen LogP) is 4.74. The minimum absolute atomic E-state index is 0.0966. The van der Waals surface area contributed by atoms with Crippen molar-refractivity contribution in [3.63, 3.8) is 0 Å². The first-order valence-electron chi connectivity index (χ1n) is 10.2. The van der Waals surface area contributed by atoms with Gasteiger partial charge in [0.1, 0.15) is 11.1 Å². The molecule has 0 fully saturated rings. The maximum absolute atomic E-state index is 12.6. The number of hydrogen-bond donors (Lipinski definition) is 2. The van der Waals surface area contributed by atoms with E-state index in [1.54, 1.807) is 18.2 Å². The maximum Gasteiger partial charge on any atom is 0.259 e. The molecule has 0 saturated carbocycles. The Kier molecular flexibility index (Phi) is 5.91. The third-order valence-corrected chi connectivity index (χ3v) is 7.83. The van der Waals surface area contributed by atoms with E-state index >= 15 is 0 Å². The molecule has 3 aromatic rings. The van der Waals surface area contributed by atoms with Crippen LogP contribution < -0.4 is 10.9 Å². The van der Waals surface area contributed by atoms with Crippen LogP contribution in [0, 0.1) is 22.7 Å². The zero-order valence-corrected chi connectivity index (χ0v) is 19.4. The number of benzene rings is 1. The third kappa shape index (κ3) is 4.53. The molecule has 0 unspecified atom stereocenters. The summed E-state index contributed by atoms with van der Waals surface area (Å²) in [6.07, 6.45) is 2.89. The molecule has 1 atom stereocenters. The molecule has 1 amide bonds. The van der Waals surface area contributed by atoms with Crippen molar-refractivity contribution in [1.29, 1.82) is 5.26 Å². The lowest BCUT2D eigenvalue weighted by molar-refractivity contribution is -0.113. The van der Waals surface area contributed by atoms with Gasteiger partial charge in [-0.2, -0.15) is 5.26 Å². The van der Waals surface area contributed by atoms with E-state index in [0.29, 0.717) is 32.5 Å². The molecule has 31 heavy (non-hydrogen) atoms. The van der Waals surface area contributed by atoms with E-state index in [-0.39, 0.29) is 22.6 Å². The number of fused-ring (bicyclic) bond motifs is 2. The van der Waals surface area contributed by atoms with Gasteiger partial charge >= 0.3 is 0 Å². The Hall–Kier alpha value is -2.63. The van der Waals surface area contributed by atoms with Crippen molar-refractivity contribution in [2.24, 2.45) is 11.3 Å². The number of nitrogens with one attached hydrogen (secondary N) is 2. The molecular weight excluding hydrogens is 428 g/mol. The molecule has 0 saturated heterocycles. The van der Waals surface area contributed by atoms with Crippen molar-refractivity contribution in [3.8, 4) is 6.07 Å². The molecule has 4 rings (SSSR count). The zero-order valence-electron chi connectivity index (χ0n) is 17.7. The van der Waals surface area contributed by atoms with E-state index in [2.05, 4.69) is 42.1 Å². The molecular formula is C23H24N4O2S2. The number of amides is 1. The summed E-state index contributed by atoms with van der Waals surface area (Å²) in [6.45, 7) is 6.77. The lowest BCUT2D eigenvalue weighted by atomic mass is 9.72. The summed E-state index contributed by atoms with van der Waals surface area (Å²) in [5.41, 5.74) is 2.29. The second kappa shape index (κ2) is 8.48. The highest BCUT2D eigenvalue weighted by Crippen LogP contribution is 2.44. The van der Waals surface area contributed by atoms with E-state index in [9.17, 15) is 14.9 Å². The molecule has 0 radical (unpaired) electrons. The number of H-pyrrole nitrogens is 1. The van der Waals surface area contributed by atoms with Gasteiger partial charge in [0.25, 0.3) is 5.56 Å². The van der Waals surface area contributed by atoms with Crippen molar-refractivity contribution >= 4 is 44.9 Å². The van der Waals surface area contributed by atoms with Gasteiger partial charge in [0.15, 0.2) is 5.16 Å². The lowest BCUT2D eigenvalue weighted by Gasteiger charge is -2.33. The number of thiophene rings is 1. The van der Waals surface area contributed by atoms with Crippen LogP contribution in [0.25, 0.3) is 10.9 Å². The molecule has 1 aliphatic rings. The van der Waals surface area contributed by atoms with Crippen LogP contribution in [0.4, 0.5) is 5.00 Å². The van der Waals surface area contributed by atoms with E-state index in [1.807, 2.05) is 6.07 Å². The highest BCUT2D eigenvalue weighted by molar-refractivity contribution is 7.99. The number of anilines is 1. The summed E-state index contributed by atoms with van der Waals surface area (Å²) in [5, 5.41) is 14.2. The van der Waals surface area contributed by atoms with E-state index in [4.69, 9.17) is 0 Å². The molecule has 1 aromatic carbocycles. The van der Waals surface area contributed by atoms with Crippen LogP contribution in [0.5, 0.6) is 0 Å². The molecule has 2 N–H and O–H groups in total. The van der Waals surface area contributed by atoms with Crippen LogP contribution in [0.1, 0.15) is 43.2 Å². The summed E-state index contributed by atoms with van der Waals surface area (Å²) in [4.78, 5) is 33.1. The number of aromatic amines is 1. The number of nitriles is 1. The molecule has 1 aliphatic carbocycles. The predicted molar refractivity (Wildman–Crippen MR) is 126 cm³/mol. The Morgan fingerprint density at radius 1 is 1.39 bits per heavy atom. The van der Waals surface area contributed by atoms with Crippen molar-refractivity contribution in [2.75, 3.05) is 11.1 Å². The highest BCUT2D eigenvalue weighted by Gasteiger charge is 2.32. The minimum Gasteiger partial charge on any atom is -0.316 e. The van der Waals surface area contributed by atoms with Crippen LogP contribution >= 0.6 is 23.1 Å². The van der Waals surface area contributed by atoms with Crippen molar-refractivity contribution in [1.82, 2.24) is 9.97 Å². The lowest BCUT2D eigenvalue weighted by Crippen LogP contribution is -2.26. The number of carbonyl (C=O) groups excluding carboxylic acids is 1. The standard InChI is InChI=1S/C23H24N4O2S2/c1-23(2,3)13-8-9-14-16(11-24)21(31-18(14)10-13)26-19(28)12-30-22-25-17-7-5-4-6-15(17)20(29)27-22/h4-7,13H,8-10,12H2,1-3H3,(H,26,28)(H,25,27,29)/t13-/m0/s1. The Labute approximate surface area is 189 Å². The number of rotatable bonds is 4.